The predicted octanol–water partition coefficient (Wildman–Crippen LogP) is 6.16. The number of halogens is 1. The van der Waals surface area contributed by atoms with Crippen LogP contribution in [0.15, 0.2) is 64.2 Å². The fraction of sp³-hybridized carbons (Fsp3) is 0.111. The second-order valence-electron chi connectivity index (χ2n) is 5.24. The molecule has 0 amide bonds. The Morgan fingerprint density at radius 3 is 3.00 bits per heavy atom. The fourth-order valence-corrected chi connectivity index (χ4v) is 4.48. The van der Waals surface area contributed by atoms with Gasteiger partial charge in [0.1, 0.15) is 10.6 Å². The zero-order valence-electron chi connectivity index (χ0n) is 12.6. The van der Waals surface area contributed by atoms with E-state index in [0.29, 0.717) is 10.9 Å². The molecule has 0 radical (unpaired) electrons. The molecule has 0 fully saturated rings. The van der Waals surface area contributed by atoms with E-state index in [4.69, 9.17) is 21.0 Å². The lowest BCUT2D eigenvalue weighted by Gasteiger charge is -2.13. The number of hydrogen-bond acceptors (Lipinski definition) is 5. The van der Waals surface area contributed by atoms with Crippen molar-refractivity contribution in [1.29, 1.82) is 0 Å². The number of nitrogens with zero attached hydrogens (tertiary/aromatic N) is 2. The third-order valence-corrected chi connectivity index (χ3v) is 6.04. The van der Waals surface area contributed by atoms with Crippen LogP contribution in [0.1, 0.15) is 11.3 Å². The van der Waals surface area contributed by atoms with Gasteiger partial charge in [-0.3, -0.25) is 0 Å². The van der Waals surface area contributed by atoms with Gasteiger partial charge in [0.15, 0.2) is 0 Å². The van der Waals surface area contributed by atoms with Gasteiger partial charge in [-0.15, -0.1) is 0 Å². The summed E-state index contributed by atoms with van der Waals surface area (Å²) >= 11 is 9.47. The topological polar surface area (TPSA) is 38.4 Å². The standard InChI is InChI=1S/C18H13ClN2OS2/c19-14-6-3-5-12(8-14)17-20-15(9-22-17)11-24-18-21-16-7-2-1-4-13(16)10-23-18/h1-9H,10-11H2. The maximum atomic E-state index is 6.01. The van der Waals surface area contributed by atoms with Gasteiger partial charge in [-0.2, -0.15) is 0 Å². The van der Waals surface area contributed by atoms with Gasteiger partial charge in [0.25, 0.3) is 0 Å². The molecule has 0 unspecified atom stereocenters. The smallest absolute Gasteiger partial charge is 0.226 e. The number of aromatic nitrogens is 1. The molecule has 0 bridgehead atoms. The number of rotatable bonds is 3. The number of para-hydroxylation sites is 1. The molecule has 0 atom stereocenters. The van der Waals surface area contributed by atoms with E-state index in [1.54, 1.807) is 29.8 Å². The van der Waals surface area contributed by atoms with E-state index in [1.807, 2.05) is 30.3 Å². The van der Waals surface area contributed by atoms with E-state index in [-0.39, 0.29) is 0 Å². The van der Waals surface area contributed by atoms with Crippen molar-refractivity contribution in [2.45, 2.75) is 11.5 Å². The molecule has 1 aliphatic heterocycles. The summed E-state index contributed by atoms with van der Waals surface area (Å²) in [7, 11) is 0. The number of aliphatic imine (C=N–C) groups is 1. The summed E-state index contributed by atoms with van der Waals surface area (Å²) in [5, 5.41) is 0.674. The highest BCUT2D eigenvalue weighted by Gasteiger charge is 2.14. The summed E-state index contributed by atoms with van der Waals surface area (Å²) in [4.78, 5) is 9.24. The summed E-state index contributed by atoms with van der Waals surface area (Å²) in [6.45, 7) is 0. The van der Waals surface area contributed by atoms with Crippen molar-refractivity contribution in [2.24, 2.45) is 4.99 Å². The lowest BCUT2D eigenvalue weighted by molar-refractivity contribution is 0.573. The van der Waals surface area contributed by atoms with Crippen molar-refractivity contribution < 1.29 is 4.42 Å². The largest absolute Gasteiger partial charge is 0.444 e. The summed E-state index contributed by atoms with van der Waals surface area (Å²) in [6, 6.07) is 15.8. The van der Waals surface area contributed by atoms with E-state index >= 15 is 0 Å². The van der Waals surface area contributed by atoms with Crippen LogP contribution < -0.4 is 0 Å². The second kappa shape index (κ2) is 7.05. The van der Waals surface area contributed by atoms with Gasteiger partial charge in [-0.05, 0) is 29.8 Å². The van der Waals surface area contributed by atoms with Crippen molar-refractivity contribution in [2.75, 3.05) is 0 Å². The molecule has 120 valence electrons. The molecule has 3 aromatic rings. The van der Waals surface area contributed by atoms with E-state index in [9.17, 15) is 0 Å². The van der Waals surface area contributed by atoms with Crippen LogP contribution in [0.25, 0.3) is 11.5 Å². The van der Waals surface area contributed by atoms with Crippen molar-refractivity contribution in [3.05, 3.63) is 71.1 Å². The van der Waals surface area contributed by atoms with Crippen LogP contribution in [0, 0.1) is 0 Å². The number of thioether (sulfide) groups is 2. The molecule has 0 aliphatic carbocycles. The van der Waals surface area contributed by atoms with Crippen LogP contribution in [0.5, 0.6) is 0 Å². The van der Waals surface area contributed by atoms with E-state index in [2.05, 4.69) is 23.2 Å². The van der Waals surface area contributed by atoms with Crippen LogP contribution in [-0.2, 0) is 11.5 Å². The first-order chi connectivity index (χ1) is 11.8. The Labute approximate surface area is 153 Å². The molecule has 4 rings (SSSR count). The molecule has 0 N–H and O–H groups in total. The molecule has 0 saturated carbocycles. The van der Waals surface area contributed by atoms with Crippen LogP contribution in [0.3, 0.4) is 0 Å². The van der Waals surface area contributed by atoms with E-state index in [1.165, 1.54) is 5.56 Å². The van der Waals surface area contributed by atoms with Crippen molar-refractivity contribution in [3.8, 4) is 11.5 Å². The van der Waals surface area contributed by atoms with Gasteiger partial charge < -0.3 is 4.42 Å². The van der Waals surface area contributed by atoms with Gasteiger partial charge in [0.2, 0.25) is 5.89 Å². The number of fused-ring (bicyclic) bond motifs is 1. The van der Waals surface area contributed by atoms with Gasteiger partial charge in [0.05, 0.1) is 11.4 Å². The van der Waals surface area contributed by atoms with Crippen molar-refractivity contribution in [3.63, 3.8) is 0 Å². The Balaban J connectivity index is 1.45. The Kier molecular flexibility index (Phi) is 4.65. The first kappa shape index (κ1) is 15.8. The highest BCUT2D eigenvalue weighted by atomic mass is 35.5. The quantitative estimate of drug-likeness (QED) is 0.551. The summed E-state index contributed by atoms with van der Waals surface area (Å²) in [5.41, 5.74) is 4.14. The highest BCUT2D eigenvalue weighted by molar-refractivity contribution is 8.38. The van der Waals surface area contributed by atoms with Crippen LogP contribution in [-0.4, -0.2) is 9.36 Å². The average molecular weight is 373 g/mol. The lowest BCUT2D eigenvalue weighted by atomic mass is 10.2. The zero-order chi connectivity index (χ0) is 16.4. The Morgan fingerprint density at radius 1 is 1.17 bits per heavy atom. The average Bonchev–Trinajstić information content (AvgIpc) is 3.09. The van der Waals surface area contributed by atoms with Gasteiger partial charge in [-0.25, -0.2) is 9.98 Å². The van der Waals surface area contributed by atoms with Crippen LogP contribution in [0.4, 0.5) is 5.69 Å². The molecule has 1 aliphatic rings. The van der Waals surface area contributed by atoms with Crippen molar-refractivity contribution in [1.82, 2.24) is 4.98 Å². The van der Waals surface area contributed by atoms with Gasteiger partial charge in [-0.1, -0.05) is 59.4 Å². The third kappa shape index (κ3) is 3.53. The second-order valence-corrected chi connectivity index (χ2v) is 7.86. The minimum atomic E-state index is 0.594. The van der Waals surface area contributed by atoms with Gasteiger partial charge >= 0.3 is 0 Å². The molecule has 1 aromatic heterocycles. The van der Waals surface area contributed by atoms with Crippen LogP contribution in [0.2, 0.25) is 5.02 Å². The monoisotopic (exact) mass is 372 g/mol. The Bertz CT molecular complexity index is 907. The molecule has 24 heavy (non-hydrogen) atoms. The molecular formula is C18H13ClN2OS2. The SMILES string of the molecule is Clc1cccc(-c2nc(CSC3=Nc4ccccc4CS3)co2)c1. The fourth-order valence-electron chi connectivity index (χ4n) is 2.35. The first-order valence-electron chi connectivity index (χ1n) is 7.40. The zero-order valence-corrected chi connectivity index (χ0v) is 15.0. The van der Waals surface area contributed by atoms with E-state index < -0.39 is 0 Å². The normalized spacial score (nSPS) is 13.5. The van der Waals surface area contributed by atoms with Crippen molar-refractivity contribution >= 4 is 45.2 Å². The lowest BCUT2D eigenvalue weighted by Crippen LogP contribution is -1.96. The molecular weight excluding hydrogens is 360 g/mol. The summed E-state index contributed by atoms with van der Waals surface area (Å²) < 4.78 is 6.64. The van der Waals surface area contributed by atoms with Crippen LogP contribution >= 0.6 is 35.1 Å². The van der Waals surface area contributed by atoms with E-state index in [0.717, 1.165) is 32.8 Å². The maximum Gasteiger partial charge on any atom is 0.226 e. The number of hydrogen-bond donors (Lipinski definition) is 0. The highest BCUT2D eigenvalue weighted by Crippen LogP contribution is 2.35. The predicted molar refractivity (Wildman–Crippen MR) is 103 cm³/mol. The maximum absolute atomic E-state index is 6.01. The third-order valence-electron chi connectivity index (χ3n) is 3.52. The minimum Gasteiger partial charge on any atom is -0.444 e. The number of benzene rings is 2. The minimum absolute atomic E-state index is 0.594. The summed E-state index contributed by atoms with van der Waals surface area (Å²) in [6.07, 6.45) is 1.70. The molecule has 3 nitrogen and oxygen atoms in total. The molecule has 0 spiro atoms. The summed E-state index contributed by atoms with van der Waals surface area (Å²) in [5.74, 6) is 2.30. The number of oxazole rings is 1. The first-order valence-corrected chi connectivity index (χ1v) is 9.75. The molecule has 6 heteroatoms. The Morgan fingerprint density at radius 2 is 2.08 bits per heavy atom. The van der Waals surface area contributed by atoms with Gasteiger partial charge in [0, 0.05) is 22.1 Å². The molecule has 2 aromatic carbocycles. The molecule has 2 heterocycles. The molecule has 0 saturated heterocycles. The Hall–Kier alpha value is -1.69.